The smallest absolute Gasteiger partial charge is 0.129 e. The van der Waals surface area contributed by atoms with Crippen molar-refractivity contribution in [1.29, 1.82) is 0 Å². The quantitative estimate of drug-likeness (QED) is 0.762. The molecule has 0 aromatic carbocycles. The molecule has 0 saturated heterocycles. The van der Waals surface area contributed by atoms with Gasteiger partial charge in [0.15, 0.2) is 0 Å². The number of hydrogen-bond acceptors (Lipinski definition) is 2. The summed E-state index contributed by atoms with van der Waals surface area (Å²) in [6.45, 7) is 5.20. The van der Waals surface area contributed by atoms with Gasteiger partial charge in [-0.25, -0.2) is 4.98 Å². The first-order valence-corrected chi connectivity index (χ1v) is 5.27. The molecule has 0 unspecified atom stereocenters. The fourth-order valence-corrected chi connectivity index (χ4v) is 2.54. The van der Waals surface area contributed by atoms with Gasteiger partial charge in [-0.2, -0.15) is 0 Å². The summed E-state index contributed by atoms with van der Waals surface area (Å²) in [4.78, 5) is 4.34. The zero-order valence-electron chi connectivity index (χ0n) is 8.50. The molecule has 1 aliphatic carbocycles. The third-order valence-corrected chi connectivity index (χ3v) is 3.57. The lowest BCUT2D eigenvalue weighted by molar-refractivity contribution is 0.557. The van der Waals surface area contributed by atoms with E-state index in [1.54, 1.807) is 6.07 Å². The largest absolute Gasteiger partial charge is 0.330 e. The maximum absolute atomic E-state index is 5.86. The van der Waals surface area contributed by atoms with Crippen LogP contribution in [0.3, 0.4) is 0 Å². The molecule has 1 saturated carbocycles. The standard InChI is InChI=1S/C11H15ClN2/c1-11(2)7(6-13)10(11)8-4-3-5-9(12)14-8/h3-5,7,10H,6,13H2,1-2H3/t7-,10+/m1/s1. The van der Waals surface area contributed by atoms with Crippen LogP contribution in [0.5, 0.6) is 0 Å². The SMILES string of the molecule is CC1(C)[C@H](CN)[C@H]1c1cccc(Cl)n1. The zero-order valence-corrected chi connectivity index (χ0v) is 9.25. The van der Waals surface area contributed by atoms with Gasteiger partial charge in [0.2, 0.25) is 0 Å². The summed E-state index contributed by atoms with van der Waals surface area (Å²) in [5, 5.41) is 0.570. The van der Waals surface area contributed by atoms with Crippen molar-refractivity contribution in [2.75, 3.05) is 6.54 Å². The van der Waals surface area contributed by atoms with Crippen LogP contribution in [-0.4, -0.2) is 11.5 Å². The highest BCUT2D eigenvalue weighted by molar-refractivity contribution is 6.29. The molecule has 1 aromatic rings. The van der Waals surface area contributed by atoms with Crippen molar-refractivity contribution in [3.8, 4) is 0 Å². The molecule has 2 atom stereocenters. The van der Waals surface area contributed by atoms with Gasteiger partial charge < -0.3 is 5.73 Å². The number of rotatable bonds is 2. The second kappa shape index (κ2) is 3.21. The van der Waals surface area contributed by atoms with Crippen LogP contribution in [-0.2, 0) is 0 Å². The first-order chi connectivity index (χ1) is 6.57. The van der Waals surface area contributed by atoms with E-state index in [4.69, 9.17) is 17.3 Å². The number of halogens is 1. The summed E-state index contributed by atoms with van der Waals surface area (Å²) in [6, 6.07) is 5.79. The summed E-state index contributed by atoms with van der Waals surface area (Å²) in [5.41, 5.74) is 7.08. The van der Waals surface area contributed by atoms with E-state index in [1.165, 1.54) is 0 Å². The second-order valence-corrected chi connectivity index (χ2v) is 4.91. The number of nitrogens with two attached hydrogens (primary N) is 1. The van der Waals surface area contributed by atoms with Crippen molar-refractivity contribution in [2.24, 2.45) is 17.1 Å². The highest BCUT2D eigenvalue weighted by atomic mass is 35.5. The Labute approximate surface area is 89.5 Å². The Hall–Kier alpha value is -0.600. The van der Waals surface area contributed by atoms with E-state index in [9.17, 15) is 0 Å². The molecule has 1 fully saturated rings. The van der Waals surface area contributed by atoms with Gasteiger partial charge in [-0.15, -0.1) is 0 Å². The highest BCUT2D eigenvalue weighted by Gasteiger charge is 2.57. The molecular formula is C11H15ClN2. The molecule has 0 spiro atoms. The molecule has 2 nitrogen and oxygen atoms in total. The van der Waals surface area contributed by atoms with E-state index in [-0.39, 0.29) is 5.41 Å². The van der Waals surface area contributed by atoms with E-state index >= 15 is 0 Å². The van der Waals surface area contributed by atoms with E-state index in [2.05, 4.69) is 18.8 Å². The molecule has 0 radical (unpaired) electrons. The summed E-state index contributed by atoms with van der Waals surface area (Å²) < 4.78 is 0. The van der Waals surface area contributed by atoms with Gasteiger partial charge in [0.1, 0.15) is 5.15 Å². The van der Waals surface area contributed by atoms with E-state index in [1.807, 2.05) is 12.1 Å². The Kier molecular flexibility index (Phi) is 2.28. The van der Waals surface area contributed by atoms with Crippen molar-refractivity contribution in [3.05, 3.63) is 29.0 Å². The van der Waals surface area contributed by atoms with Crippen molar-refractivity contribution >= 4 is 11.6 Å². The van der Waals surface area contributed by atoms with Crippen LogP contribution >= 0.6 is 11.6 Å². The van der Waals surface area contributed by atoms with Gasteiger partial charge in [0.05, 0.1) is 0 Å². The van der Waals surface area contributed by atoms with E-state index in [0.717, 1.165) is 12.2 Å². The molecular weight excluding hydrogens is 196 g/mol. The highest BCUT2D eigenvalue weighted by Crippen LogP contribution is 2.63. The molecule has 2 rings (SSSR count). The van der Waals surface area contributed by atoms with Gasteiger partial charge in [-0.1, -0.05) is 31.5 Å². The number of hydrogen-bond donors (Lipinski definition) is 1. The molecule has 1 heterocycles. The molecule has 2 N–H and O–H groups in total. The van der Waals surface area contributed by atoms with E-state index < -0.39 is 0 Å². The lowest BCUT2D eigenvalue weighted by Crippen LogP contribution is -2.05. The van der Waals surface area contributed by atoms with Gasteiger partial charge in [-0.3, -0.25) is 0 Å². The van der Waals surface area contributed by atoms with Crippen LogP contribution < -0.4 is 5.73 Å². The van der Waals surface area contributed by atoms with Crippen molar-refractivity contribution < 1.29 is 0 Å². The number of aromatic nitrogens is 1. The number of nitrogens with zero attached hydrogens (tertiary/aromatic N) is 1. The fourth-order valence-electron chi connectivity index (χ4n) is 2.37. The topological polar surface area (TPSA) is 38.9 Å². The van der Waals surface area contributed by atoms with Crippen LogP contribution in [0.2, 0.25) is 5.15 Å². The third-order valence-electron chi connectivity index (χ3n) is 3.36. The Bertz CT molecular complexity index is 349. The minimum absolute atomic E-state index is 0.284. The Morgan fingerprint density at radius 1 is 1.50 bits per heavy atom. The van der Waals surface area contributed by atoms with Crippen LogP contribution in [0.4, 0.5) is 0 Å². The van der Waals surface area contributed by atoms with E-state index in [0.29, 0.717) is 17.0 Å². The molecule has 1 aromatic heterocycles. The van der Waals surface area contributed by atoms with Crippen molar-refractivity contribution in [1.82, 2.24) is 4.98 Å². The van der Waals surface area contributed by atoms with Crippen LogP contribution in [0.25, 0.3) is 0 Å². The average molecular weight is 211 g/mol. The average Bonchev–Trinajstić information content (AvgIpc) is 2.68. The van der Waals surface area contributed by atoms with Gasteiger partial charge in [0.25, 0.3) is 0 Å². The lowest BCUT2D eigenvalue weighted by atomic mass is 10.1. The predicted molar refractivity (Wildman–Crippen MR) is 58.3 cm³/mol. The normalized spacial score (nSPS) is 28.9. The maximum atomic E-state index is 5.86. The van der Waals surface area contributed by atoms with Gasteiger partial charge in [-0.05, 0) is 30.0 Å². The van der Waals surface area contributed by atoms with Gasteiger partial charge >= 0.3 is 0 Å². The Morgan fingerprint density at radius 3 is 2.71 bits per heavy atom. The van der Waals surface area contributed by atoms with Crippen LogP contribution in [0.15, 0.2) is 18.2 Å². The molecule has 0 bridgehead atoms. The maximum Gasteiger partial charge on any atom is 0.129 e. The molecule has 76 valence electrons. The van der Waals surface area contributed by atoms with Crippen LogP contribution in [0.1, 0.15) is 25.5 Å². The first kappa shape index (κ1) is 9.94. The molecule has 0 amide bonds. The Balaban J connectivity index is 2.26. The fraction of sp³-hybridized carbons (Fsp3) is 0.545. The van der Waals surface area contributed by atoms with Crippen LogP contribution in [0, 0.1) is 11.3 Å². The first-order valence-electron chi connectivity index (χ1n) is 4.90. The predicted octanol–water partition coefficient (Wildman–Crippen LogP) is 2.43. The second-order valence-electron chi connectivity index (χ2n) is 4.53. The molecule has 3 heteroatoms. The summed E-state index contributed by atoms with van der Waals surface area (Å²) in [5.74, 6) is 1.03. The monoisotopic (exact) mass is 210 g/mol. The minimum atomic E-state index is 0.284. The third kappa shape index (κ3) is 1.43. The van der Waals surface area contributed by atoms with Crippen molar-refractivity contribution in [3.63, 3.8) is 0 Å². The summed E-state index contributed by atoms with van der Waals surface area (Å²) in [7, 11) is 0. The summed E-state index contributed by atoms with van der Waals surface area (Å²) >= 11 is 5.86. The number of pyridine rings is 1. The zero-order chi connectivity index (χ0) is 10.3. The van der Waals surface area contributed by atoms with Gasteiger partial charge in [0, 0.05) is 11.6 Å². The molecule has 14 heavy (non-hydrogen) atoms. The summed E-state index contributed by atoms with van der Waals surface area (Å²) in [6.07, 6.45) is 0. The molecule has 0 aliphatic heterocycles. The minimum Gasteiger partial charge on any atom is -0.330 e. The van der Waals surface area contributed by atoms with Crippen molar-refractivity contribution in [2.45, 2.75) is 19.8 Å². The molecule has 1 aliphatic rings. The Morgan fingerprint density at radius 2 is 2.21 bits per heavy atom. The lowest BCUT2D eigenvalue weighted by Gasteiger charge is -2.01.